The number of hydrogen-bond donors (Lipinski definition) is 3. The maximum Gasteiger partial charge on any atom is 0.220 e. The molecule has 0 aromatic carbocycles. The molecule has 266 valence electrons. The molecule has 0 spiro atoms. The summed E-state index contributed by atoms with van der Waals surface area (Å²) in [4.78, 5) is 12.3. The average Bonchev–Trinajstić information content (AvgIpc) is 3.06. The summed E-state index contributed by atoms with van der Waals surface area (Å²) in [6.45, 7) is 4.24. The predicted molar refractivity (Wildman–Crippen MR) is 202 cm³/mol. The Hall–Kier alpha value is -1.91. The minimum absolute atomic E-state index is 0.0930. The summed E-state index contributed by atoms with van der Waals surface area (Å²) in [5, 5.41) is 22.9. The van der Waals surface area contributed by atoms with E-state index < -0.39 is 12.1 Å². The van der Waals surface area contributed by atoms with Crippen molar-refractivity contribution in [3.05, 3.63) is 60.8 Å². The van der Waals surface area contributed by atoms with Crippen molar-refractivity contribution in [2.24, 2.45) is 0 Å². The van der Waals surface area contributed by atoms with Gasteiger partial charge in [0.25, 0.3) is 0 Å². The molecule has 0 aromatic heterocycles. The number of nitrogens with one attached hydrogen (secondary N) is 1. The molecule has 0 fully saturated rings. The van der Waals surface area contributed by atoms with Gasteiger partial charge in [-0.2, -0.15) is 0 Å². The van der Waals surface area contributed by atoms with Crippen LogP contribution in [-0.2, 0) is 4.79 Å². The largest absolute Gasteiger partial charge is 0.394 e. The monoisotopic (exact) mass is 642 g/mol. The van der Waals surface area contributed by atoms with Crippen LogP contribution in [0.1, 0.15) is 181 Å². The van der Waals surface area contributed by atoms with Crippen molar-refractivity contribution in [3.8, 4) is 0 Å². The van der Waals surface area contributed by atoms with Crippen LogP contribution < -0.4 is 5.32 Å². The quantitative estimate of drug-likeness (QED) is 0.0372. The molecule has 0 aliphatic heterocycles. The van der Waals surface area contributed by atoms with Crippen LogP contribution in [0.2, 0.25) is 0 Å². The number of aliphatic hydroxyl groups is 2. The first-order chi connectivity index (χ1) is 22.7. The van der Waals surface area contributed by atoms with E-state index in [-0.39, 0.29) is 12.5 Å². The Balaban J connectivity index is 3.73. The van der Waals surface area contributed by atoms with Crippen molar-refractivity contribution in [3.63, 3.8) is 0 Å². The highest BCUT2D eigenvalue weighted by Gasteiger charge is 2.17. The Bertz CT molecular complexity index is 782. The Labute approximate surface area is 286 Å². The van der Waals surface area contributed by atoms with Gasteiger partial charge in [0, 0.05) is 6.42 Å². The molecule has 2 unspecified atom stereocenters. The van der Waals surface area contributed by atoms with E-state index >= 15 is 0 Å². The average molecular weight is 642 g/mol. The van der Waals surface area contributed by atoms with Gasteiger partial charge in [0.05, 0.1) is 18.8 Å². The van der Waals surface area contributed by atoms with Crippen LogP contribution in [0.4, 0.5) is 0 Å². The number of carbonyl (C=O) groups is 1. The van der Waals surface area contributed by atoms with E-state index in [4.69, 9.17) is 0 Å². The minimum atomic E-state index is -0.876. The lowest BCUT2D eigenvalue weighted by Crippen LogP contribution is -2.45. The number of amides is 1. The van der Waals surface area contributed by atoms with Crippen molar-refractivity contribution in [1.82, 2.24) is 5.32 Å². The second-order valence-corrected chi connectivity index (χ2v) is 13.0. The molecule has 3 N–H and O–H groups in total. The zero-order valence-corrected chi connectivity index (χ0v) is 30.3. The third-order valence-corrected chi connectivity index (χ3v) is 8.48. The molecule has 0 saturated heterocycles. The molecule has 4 nitrogen and oxygen atoms in total. The van der Waals surface area contributed by atoms with E-state index in [1.165, 1.54) is 109 Å². The van der Waals surface area contributed by atoms with Crippen molar-refractivity contribution in [1.29, 1.82) is 0 Å². The highest BCUT2D eigenvalue weighted by Crippen LogP contribution is 2.12. The first-order valence-electron chi connectivity index (χ1n) is 19.5. The fourth-order valence-electron chi connectivity index (χ4n) is 5.43. The van der Waals surface area contributed by atoms with Crippen molar-refractivity contribution >= 4 is 5.91 Å². The summed E-state index contributed by atoms with van der Waals surface area (Å²) in [5.41, 5.74) is 0. The van der Waals surface area contributed by atoms with Gasteiger partial charge in [0.2, 0.25) is 5.91 Å². The maximum absolute atomic E-state index is 12.3. The van der Waals surface area contributed by atoms with Gasteiger partial charge in [-0.15, -0.1) is 0 Å². The molecule has 2 atom stereocenters. The van der Waals surface area contributed by atoms with Gasteiger partial charge >= 0.3 is 0 Å². The van der Waals surface area contributed by atoms with Gasteiger partial charge in [-0.05, 0) is 70.6 Å². The summed E-state index contributed by atoms with van der Waals surface area (Å²) in [5.74, 6) is -0.0930. The topological polar surface area (TPSA) is 69.6 Å². The standard InChI is InChI=1S/C42H75NO3/c1-3-5-7-9-11-13-15-17-19-20-21-22-24-25-27-29-31-33-35-37-41(45)40(39-44)43-42(46)38-36-34-32-30-28-26-23-18-16-14-12-10-8-6-4-2/h12,14,16,18,21-22,27,29,35,37,40-41,44-45H,3-11,13,15,17,19-20,23-26,28,30-34,36,38-39H2,1-2H3,(H,43,46)/b14-12-,18-16-,22-21+,29-27+,37-35+. The van der Waals surface area contributed by atoms with Crippen LogP contribution in [0.5, 0.6) is 0 Å². The van der Waals surface area contributed by atoms with Gasteiger partial charge in [0.1, 0.15) is 0 Å². The molecule has 0 aromatic rings. The molecule has 46 heavy (non-hydrogen) atoms. The Morgan fingerprint density at radius 1 is 0.522 bits per heavy atom. The maximum atomic E-state index is 12.3. The number of aliphatic hydroxyl groups excluding tert-OH is 2. The van der Waals surface area contributed by atoms with E-state index in [0.717, 1.165) is 51.4 Å². The van der Waals surface area contributed by atoms with Crippen molar-refractivity contribution in [2.75, 3.05) is 6.61 Å². The van der Waals surface area contributed by atoms with Crippen molar-refractivity contribution < 1.29 is 15.0 Å². The smallest absolute Gasteiger partial charge is 0.220 e. The van der Waals surface area contributed by atoms with E-state index in [0.29, 0.717) is 6.42 Å². The fourth-order valence-corrected chi connectivity index (χ4v) is 5.43. The number of carbonyl (C=O) groups excluding carboxylic acids is 1. The van der Waals surface area contributed by atoms with E-state index in [2.05, 4.69) is 67.8 Å². The molecule has 0 radical (unpaired) electrons. The normalized spacial score (nSPS) is 13.7. The van der Waals surface area contributed by atoms with Crippen LogP contribution in [0.3, 0.4) is 0 Å². The summed E-state index contributed by atoms with van der Waals surface area (Å²) >= 11 is 0. The molecule has 4 heteroatoms. The minimum Gasteiger partial charge on any atom is -0.394 e. The summed E-state index contributed by atoms with van der Waals surface area (Å²) in [6.07, 6.45) is 51.6. The molecular weight excluding hydrogens is 566 g/mol. The Kier molecular flexibility index (Phi) is 36.0. The SMILES string of the molecule is CCCCC/C=C\C=C/CCCCCCCCC(=O)NC(CO)C(O)/C=C/CC/C=C/CC/C=C/CCCCCCCCCCC. The van der Waals surface area contributed by atoms with Crippen LogP contribution >= 0.6 is 0 Å². The third-order valence-electron chi connectivity index (χ3n) is 8.48. The molecule has 0 saturated carbocycles. The van der Waals surface area contributed by atoms with E-state index in [1.807, 2.05) is 6.08 Å². The summed E-state index contributed by atoms with van der Waals surface area (Å²) in [6, 6.07) is -0.652. The second kappa shape index (κ2) is 37.5. The van der Waals surface area contributed by atoms with E-state index in [9.17, 15) is 15.0 Å². The van der Waals surface area contributed by atoms with Gasteiger partial charge in [-0.1, -0.05) is 164 Å². The zero-order chi connectivity index (χ0) is 33.6. The number of rotatable bonds is 34. The molecule has 0 bridgehead atoms. The highest BCUT2D eigenvalue weighted by molar-refractivity contribution is 5.76. The number of unbranched alkanes of at least 4 members (excludes halogenated alkanes) is 20. The van der Waals surface area contributed by atoms with Gasteiger partial charge < -0.3 is 15.5 Å². The van der Waals surface area contributed by atoms with Crippen LogP contribution in [0.15, 0.2) is 60.8 Å². The molecule has 0 aliphatic carbocycles. The van der Waals surface area contributed by atoms with Gasteiger partial charge in [0.15, 0.2) is 0 Å². The van der Waals surface area contributed by atoms with Crippen LogP contribution in [0.25, 0.3) is 0 Å². The molecule has 0 heterocycles. The van der Waals surface area contributed by atoms with E-state index in [1.54, 1.807) is 6.08 Å². The molecule has 1 amide bonds. The first kappa shape index (κ1) is 44.1. The number of allylic oxidation sites excluding steroid dienone is 9. The first-order valence-corrected chi connectivity index (χ1v) is 19.5. The molecule has 0 rings (SSSR count). The van der Waals surface area contributed by atoms with Crippen molar-refractivity contribution in [2.45, 2.75) is 193 Å². The summed E-state index contributed by atoms with van der Waals surface area (Å²) < 4.78 is 0. The van der Waals surface area contributed by atoms with Crippen LogP contribution in [0, 0.1) is 0 Å². The van der Waals surface area contributed by atoms with Gasteiger partial charge in [-0.25, -0.2) is 0 Å². The number of hydrogen-bond acceptors (Lipinski definition) is 3. The zero-order valence-electron chi connectivity index (χ0n) is 30.3. The Morgan fingerprint density at radius 2 is 0.913 bits per heavy atom. The Morgan fingerprint density at radius 3 is 1.43 bits per heavy atom. The highest BCUT2D eigenvalue weighted by atomic mass is 16.3. The molecular formula is C42H75NO3. The van der Waals surface area contributed by atoms with Gasteiger partial charge in [-0.3, -0.25) is 4.79 Å². The predicted octanol–water partition coefficient (Wildman–Crippen LogP) is 11.8. The third kappa shape index (κ3) is 33.5. The van der Waals surface area contributed by atoms with Crippen LogP contribution in [-0.4, -0.2) is 34.9 Å². The summed E-state index contributed by atoms with van der Waals surface area (Å²) in [7, 11) is 0. The fraction of sp³-hybridized carbons (Fsp3) is 0.738. The lowest BCUT2D eigenvalue weighted by atomic mass is 10.1. The molecule has 0 aliphatic rings. The second-order valence-electron chi connectivity index (χ2n) is 13.0. The lowest BCUT2D eigenvalue weighted by molar-refractivity contribution is -0.123. The lowest BCUT2D eigenvalue weighted by Gasteiger charge is -2.19.